The number of carbonyl (C=O) groups excluding carboxylic acids is 1. The van der Waals surface area contributed by atoms with E-state index >= 15 is 0 Å². The van der Waals surface area contributed by atoms with E-state index in [1.165, 1.54) is 39.2 Å². The monoisotopic (exact) mass is 730 g/mol. The Balaban J connectivity index is 3.05. The number of rotatable bonds is 45. The first kappa shape index (κ1) is 49.0. The second-order valence-electron chi connectivity index (χ2n) is 10.7. The van der Waals surface area contributed by atoms with Crippen LogP contribution < -0.4 is 0 Å². The van der Waals surface area contributed by atoms with Crippen LogP contribution in [0.25, 0.3) is 0 Å². The Kier molecular flexibility index (Phi) is 45.0. The molecule has 0 aromatic heterocycles. The van der Waals surface area contributed by atoms with Crippen molar-refractivity contribution in [3.8, 4) is 0 Å². The van der Waals surface area contributed by atoms with Gasteiger partial charge in [-0.25, -0.2) is 4.79 Å². The van der Waals surface area contributed by atoms with Crippen molar-refractivity contribution in [1.82, 2.24) is 0 Å². The molecule has 15 heteroatoms. The van der Waals surface area contributed by atoms with Crippen LogP contribution in [0.1, 0.15) is 45.4 Å². The normalized spacial score (nSPS) is 11.5. The lowest BCUT2D eigenvalue weighted by atomic mass is 10.1. The zero-order valence-corrected chi connectivity index (χ0v) is 31.3. The maximum absolute atomic E-state index is 10.9. The van der Waals surface area contributed by atoms with Crippen LogP contribution in [0.2, 0.25) is 0 Å². The molecule has 300 valence electrons. The van der Waals surface area contributed by atoms with Crippen molar-refractivity contribution in [2.24, 2.45) is 0 Å². The molecule has 0 saturated heterocycles. The minimum atomic E-state index is -0.407. The maximum atomic E-state index is 10.9. The molecular formula is C35H70O15. The third-order valence-corrected chi connectivity index (χ3v) is 6.55. The number of hydrogen-bond donors (Lipinski definition) is 0. The van der Waals surface area contributed by atoms with Crippen LogP contribution in [0.3, 0.4) is 0 Å². The number of ether oxygens (including phenoxy) is 14. The van der Waals surface area contributed by atoms with Gasteiger partial charge in [0.05, 0.1) is 166 Å². The highest BCUT2D eigenvalue weighted by atomic mass is 16.6. The van der Waals surface area contributed by atoms with Crippen molar-refractivity contribution in [3.63, 3.8) is 0 Å². The molecule has 0 amide bonds. The highest BCUT2D eigenvalue weighted by Gasteiger charge is 2.00. The Morgan fingerprint density at radius 1 is 0.300 bits per heavy atom. The highest BCUT2D eigenvalue weighted by molar-refractivity contribution is 5.70. The first-order valence-corrected chi connectivity index (χ1v) is 18.4. The predicted molar refractivity (Wildman–Crippen MR) is 186 cm³/mol. The largest absolute Gasteiger partial charge is 0.467 e. The van der Waals surface area contributed by atoms with Crippen molar-refractivity contribution < 1.29 is 71.1 Å². The fourth-order valence-electron chi connectivity index (χ4n) is 3.84. The Hall–Kier alpha value is -1.05. The Labute approximate surface area is 301 Å². The molecule has 0 unspecified atom stereocenters. The molecule has 15 nitrogen and oxygen atoms in total. The first-order valence-electron chi connectivity index (χ1n) is 18.4. The van der Waals surface area contributed by atoms with Gasteiger partial charge in [0.25, 0.3) is 0 Å². The zero-order valence-electron chi connectivity index (χ0n) is 31.3. The average molecular weight is 731 g/mol. The molecule has 0 fully saturated rings. The summed E-state index contributed by atoms with van der Waals surface area (Å²) in [6, 6.07) is 0. The number of hydrogen-bond acceptors (Lipinski definition) is 15. The third-order valence-electron chi connectivity index (χ3n) is 6.55. The first-order chi connectivity index (χ1) is 24.8. The van der Waals surface area contributed by atoms with E-state index in [0.29, 0.717) is 159 Å². The summed E-state index contributed by atoms with van der Waals surface area (Å²) >= 11 is 0. The molecule has 0 aliphatic heterocycles. The minimum Gasteiger partial charge on any atom is -0.467 e. The Morgan fingerprint density at radius 2 is 0.520 bits per heavy atom. The second-order valence-corrected chi connectivity index (χ2v) is 10.7. The van der Waals surface area contributed by atoms with Crippen molar-refractivity contribution >= 4 is 5.97 Å². The zero-order chi connectivity index (χ0) is 36.1. The van der Waals surface area contributed by atoms with Crippen LogP contribution in [0, 0.1) is 0 Å². The van der Waals surface area contributed by atoms with E-state index in [0.717, 1.165) is 13.0 Å². The van der Waals surface area contributed by atoms with Gasteiger partial charge >= 0.3 is 5.97 Å². The van der Waals surface area contributed by atoms with E-state index in [1.807, 2.05) is 0 Å². The number of unbranched alkanes of at least 4 members (excludes halogenated alkanes) is 5. The summed E-state index contributed by atoms with van der Waals surface area (Å²) in [5.41, 5.74) is 0. The molecule has 0 spiro atoms. The van der Waals surface area contributed by atoms with Crippen molar-refractivity contribution in [3.05, 3.63) is 0 Å². The van der Waals surface area contributed by atoms with E-state index in [1.54, 1.807) is 0 Å². The molecule has 0 bridgehead atoms. The third kappa shape index (κ3) is 45.0. The molecule has 50 heavy (non-hydrogen) atoms. The maximum Gasteiger partial charge on any atom is 0.331 e. The molecule has 0 aliphatic carbocycles. The lowest BCUT2D eigenvalue weighted by Crippen LogP contribution is -2.16. The molecule has 0 aromatic carbocycles. The molecule has 0 radical (unpaired) electrons. The molecule has 0 aliphatic rings. The summed E-state index contributed by atoms with van der Waals surface area (Å²) in [5.74, 6) is -0.407. The summed E-state index contributed by atoms with van der Waals surface area (Å²) in [6.45, 7) is 15.0. The van der Waals surface area contributed by atoms with E-state index in [2.05, 4.69) is 11.7 Å². The van der Waals surface area contributed by atoms with Crippen LogP contribution in [-0.4, -0.2) is 185 Å². The summed E-state index contributed by atoms with van der Waals surface area (Å²) in [4.78, 5) is 10.9. The predicted octanol–water partition coefficient (Wildman–Crippen LogP) is 2.74. The van der Waals surface area contributed by atoms with Crippen LogP contribution >= 0.6 is 0 Å². The fourth-order valence-corrected chi connectivity index (χ4v) is 3.84. The number of carbonyl (C=O) groups is 1. The molecule has 0 saturated carbocycles. The highest BCUT2D eigenvalue weighted by Crippen LogP contribution is 2.04. The van der Waals surface area contributed by atoms with Gasteiger partial charge in [-0.05, 0) is 6.42 Å². The van der Waals surface area contributed by atoms with Crippen molar-refractivity contribution in [2.45, 2.75) is 45.4 Å². The van der Waals surface area contributed by atoms with Gasteiger partial charge in [-0.1, -0.05) is 39.0 Å². The van der Waals surface area contributed by atoms with E-state index in [-0.39, 0.29) is 6.61 Å². The summed E-state index contributed by atoms with van der Waals surface area (Å²) < 4.78 is 75.2. The van der Waals surface area contributed by atoms with Crippen LogP contribution in [0.4, 0.5) is 0 Å². The molecular weight excluding hydrogens is 660 g/mol. The van der Waals surface area contributed by atoms with Gasteiger partial charge in [0, 0.05) is 6.61 Å². The molecule has 0 aromatic rings. The van der Waals surface area contributed by atoms with Gasteiger partial charge in [0.1, 0.15) is 6.61 Å². The number of esters is 1. The quantitative estimate of drug-likeness (QED) is 0.0668. The minimum absolute atomic E-state index is 0.0705. The van der Waals surface area contributed by atoms with Crippen molar-refractivity contribution in [2.75, 3.05) is 179 Å². The lowest BCUT2D eigenvalue weighted by molar-refractivity contribution is -0.146. The van der Waals surface area contributed by atoms with Crippen LogP contribution in [0.5, 0.6) is 0 Å². The van der Waals surface area contributed by atoms with E-state index in [4.69, 9.17) is 61.6 Å². The van der Waals surface area contributed by atoms with Gasteiger partial charge < -0.3 is 66.3 Å². The van der Waals surface area contributed by atoms with Gasteiger partial charge in [-0.3, -0.25) is 0 Å². The summed E-state index contributed by atoms with van der Waals surface area (Å²) in [7, 11) is 1.32. The van der Waals surface area contributed by atoms with Crippen LogP contribution in [-0.2, 0) is 71.1 Å². The van der Waals surface area contributed by atoms with Gasteiger partial charge in [0.2, 0.25) is 0 Å². The topological polar surface area (TPSA) is 146 Å². The van der Waals surface area contributed by atoms with Crippen LogP contribution in [0.15, 0.2) is 0 Å². The van der Waals surface area contributed by atoms with Gasteiger partial charge in [-0.15, -0.1) is 0 Å². The standard InChI is InChI=1S/C35H70O15/c1-3-4-5-6-7-8-9-38-10-11-39-12-13-40-14-15-41-16-17-42-18-19-43-20-21-44-22-23-45-24-25-46-26-27-47-28-29-48-30-31-49-32-33-50-34-35(36)37-2/h3-34H2,1-2H3. The summed E-state index contributed by atoms with van der Waals surface area (Å²) in [5, 5.41) is 0. The fraction of sp³-hybridized carbons (Fsp3) is 0.971. The Morgan fingerprint density at radius 3 is 0.780 bits per heavy atom. The molecule has 0 heterocycles. The molecule has 0 atom stereocenters. The van der Waals surface area contributed by atoms with Gasteiger partial charge in [0.15, 0.2) is 0 Å². The Bertz CT molecular complexity index is 633. The van der Waals surface area contributed by atoms with Crippen molar-refractivity contribution in [1.29, 1.82) is 0 Å². The van der Waals surface area contributed by atoms with Gasteiger partial charge in [-0.2, -0.15) is 0 Å². The SMILES string of the molecule is CCCCCCCCOCCOCCOCCOCCOCCOCCOCCOCCOCCOCCOCCOCCOCC(=O)OC. The second kappa shape index (κ2) is 46.0. The molecule has 0 rings (SSSR count). The molecule has 0 N–H and O–H groups in total. The summed E-state index contributed by atoms with van der Waals surface area (Å²) in [6.07, 6.45) is 7.66. The lowest BCUT2D eigenvalue weighted by Gasteiger charge is -2.09. The average Bonchev–Trinajstić information content (AvgIpc) is 3.13. The van der Waals surface area contributed by atoms with E-state index in [9.17, 15) is 4.79 Å². The number of methoxy groups -OCH3 is 1. The van der Waals surface area contributed by atoms with E-state index < -0.39 is 5.97 Å². The smallest absolute Gasteiger partial charge is 0.331 e.